The zero-order chi connectivity index (χ0) is 30.2. The highest BCUT2D eigenvalue weighted by molar-refractivity contribution is 5.97. The maximum atomic E-state index is 12.5. The van der Waals surface area contributed by atoms with E-state index in [4.69, 9.17) is 9.47 Å². The summed E-state index contributed by atoms with van der Waals surface area (Å²) in [7, 11) is 3.08. The molecule has 0 aliphatic rings. The van der Waals surface area contributed by atoms with E-state index in [1.165, 1.54) is 14.2 Å². The summed E-state index contributed by atoms with van der Waals surface area (Å²) in [6.45, 7) is 5.26. The fourth-order valence-corrected chi connectivity index (χ4v) is 4.67. The number of hydrogen-bond acceptors (Lipinski definition) is 8. The highest BCUT2D eigenvalue weighted by Gasteiger charge is 2.19. The fourth-order valence-electron chi connectivity index (χ4n) is 4.67. The van der Waals surface area contributed by atoms with Crippen molar-refractivity contribution in [3.8, 4) is 23.3 Å². The van der Waals surface area contributed by atoms with Crippen LogP contribution in [0.15, 0.2) is 56.9 Å². The van der Waals surface area contributed by atoms with Crippen molar-refractivity contribution in [2.24, 2.45) is 20.5 Å². The number of ether oxygens (including phenoxy) is 2. The van der Waals surface area contributed by atoms with Crippen molar-refractivity contribution in [3.05, 3.63) is 36.4 Å². The Bertz CT molecular complexity index is 1530. The Kier molecular flexibility index (Phi) is 9.89. The van der Waals surface area contributed by atoms with E-state index in [-0.39, 0.29) is 36.0 Å². The summed E-state index contributed by atoms with van der Waals surface area (Å²) in [5, 5.41) is 38.4. The predicted octanol–water partition coefficient (Wildman–Crippen LogP) is 7.33. The first-order valence-corrected chi connectivity index (χ1v) is 14.0. The van der Waals surface area contributed by atoms with Crippen LogP contribution < -0.4 is 9.47 Å². The molecule has 2 heterocycles. The summed E-state index contributed by atoms with van der Waals surface area (Å²) in [5.41, 5.74) is 1.81. The number of aryl methyl sites for hydroxylation is 2. The van der Waals surface area contributed by atoms with E-state index in [1.54, 1.807) is 33.4 Å². The molecule has 222 valence electrons. The Hall–Kier alpha value is -4.74. The van der Waals surface area contributed by atoms with E-state index in [0.29, 0.717) is 35.4 Å². The predicted molar refractivity (Wildman–Crippen MR) is 158 cm³/mol. The van der Waals surface area contributed by atoms with Gasteiger partial charge in [-0.15, -0.1) is 20.5 Å². The number of aromatic nitrogens is 2. The molecule has 0 aliphatic carbocycles. The Morgan fingerprint density at radius 3 is 1.48 bits per heavy atom. The van der Waals surface area contributed by atoms with Crippen molar-refractivity contribution in [3.63, 3.8) is 0 Å². The second-order valence-corrected chi connectivity index (χ2v) is 9.81. The molecular weight excluding hydrogens is 540 g/mol. The minimum absolute atomic E-state index is 0.0948. The average molecular weight is 577 g/mol. The summed E-state index contributed by atoms with van der Waals surface area (Å²) < 4.78 is 14.1. The van der Waals surface area contributed by atoms with Gasteiger partial charge in [-0.25, -0.2) is 0 Å². The van der Waals surface area contributed by atoms with Crippen LogP contribution in [0.2, 0.25) is 0 Å². The average Bonchev–Trinajstić information content (AvgIpc) is 3.42. The number of benzene rings is 2. The van der Waals surface area contributed by atoms with E-state index >= 15 is 0 Å². The van der Waals surface area contributed by atoms with Crippen molar-refractivity contribution >= 4 is 45.0 Å². The Labute approximate surface area is 243 Å². The summed E-state index contributed by atoms with van der Waals surface area (Å²) in [6.07, 6.45) is 3.06. The van der Waals surface area contributed by atoms with Gasteiger partial charge < -0.3 is 28.8 Å². The van der Waals surface area contributed by atoms with Crippen LogP contribution >= 0.6 is 0 Å². The minimum Gasteiger partial charge on any atom is -0.497 e. The Morgan fingerprint density at radius 2 is 1.12 bits per heavy atom. The second kappa shape index (κ2) is 13.7. The maximum absolute atomic E-state index is 12.5. The van der Waals surface area contributed by atoms with Crippen LogP contribution in [0, 0.1) is 0 Å². The summed E-state index contributed by atoms with van der Waals surface area (Å²) in [5.74, 6) is -0.345. The molecule has 0 saturated heterocycles. The first-order valence-electron chi connectivity index (χ1n) is 14.0. The highest BCUT2D eigenvalue weighted by atomic mass is 16.5. The molecule has 0 bridgehead atoms. The van der Waals surface area contributed by atoms with Crippen LogP contribution in [-0.2, 0) is 22.7 Å². The number of aromatic hydroxyl groups is 2. The van der Waals surface area contributed by atoms with Gasteiger partial charge in [-0.1, -0.05) is 26.7 Å². The monoisotopic (exact) mass is 576 g/mol. The van der Waals surface area contributed by atoms with Gasteiger partial charge in [-0.2, -0.15) is 0 Å². The third-order valence-electron chi connectivity index (χ3n) is 6.98. The number of unbranched alkanes of at least 4 members (excludes halogenated alkanes) is 2. The highest BCUT2D eigenvalue weighted by Crippen LogP contribution is 2.42. The van der Waals surface area contributed by atoms with Crippen molar-refractivity contribution in [1.82, 2.24) is 9.13 Å². The number of hydrogen-bond donors (Lipinski definition) is 2. The molecule has 0 spiro atoms. The van der Waals surface area contributed by atoms with E-state index in [2.05, 4.69) is 34.3 Å². The first kappa shape index (κ1) is 30.2. The van der Waals surface area contributed by atoms with Gasteiger partial charge in [0.05, 0.1) is 25.3 Å². The third-order valence-corrected chi connectivity index (χ3v) is 6.98. The molecule has 0 aliphatic heterocycles. The van der Waals surface area contributed by atoms with Gasteiger partial charge in [-0.3, -0.25) is 9.59 Å². The molecule has 12 heteroatoms. The molecular formula is C30H36N6O6. The molecule has 0 atom stereocenters. The molecule has 0 radical (unpaired) electrons. The van der Waals surface area contributed by atoms with Crippen LogP contribution in [0.25, 0.3) is 21.8 Å². The molecule has 2 N–H and O–H groups in total. The van der Waals surface area contributed by atoms with E-state index in [9.17, 15) is 19.8 Å². The molecule has 0 unspecified atom stereocenters. The van der Waals surface area contributed by atoms with Gasteiger partial charge >= 0.3 is 0 Å². The van der Waals surface area contributed by atoms with E-state index in [0.717, 1.165) is 36.7 Å². The molecule has 4 aromatic rings. The van der Waals surface area contributed by atoms with Crippen molar-refractivity contribution in [2.45, 2.75) is 65.5 Å². The number of rotatable bonds is 13. The number of nitrogens with zero attached hydrogens (tertiary/aromatic N) is 6. The summed E-state index contributed by atoms with van der Waals surface area (Å²) in [4.78, 5) is 25.0. The lowest BCUT2D eigenvalue weighted by Gasteiger charge is -2.05. The topological polar surface area (TPSA) is 152 Å². The lowest BCUT2D eigenvalue weighted by molar-refractivity contribution is -0.123. The number of amides is 2. The molecule has 2 aromatic carbocycles. The molecule has 0 fully saturated rings. The first-order chi connectivity index (χ1) is 20.3. The van der Waals surface area contributed by atoms with Gasteiger partial charge in [0.2, 0.25) is 11.8 Å². The summed E-state index contributed by atoms with van der Waals surface area (Å²) >= 11 is 0. The van der Waals surface area contributed by atoms with Crippen LogP contribution in [0.5, 0.6) is 23.3 Å². The van der Waals surface area contributed by atoms with E-state index in [1.807, 2.05) is 12.1 Å². The van der Waals surface area contributed by atoms with Gasteiger partial charge in [0.25, 0.3) is 11.8 Å². The number of carbonyl (C=O) groups is 2. The number of azo groups is 2. The molecule has 4 rings (SSSR count). The molecule has 12 nitrogen and oxygen atoms in total. The zero-order valence-electron chi connectivity index (χ0n) is 24.3. The lowest BCUT2D eigenvalue weighted by atomic mass is 10.2. The van der Waals surface area contributed by atoms with Crippen LogP contribution in [-0.4, -0.2) is 45.4 Å². The Morgan fingerprint density at radius 1 is 0.714 bits per heavy atom. The summed E-state index contributed by atoms with van der Waals surface area (Å²) in [6, 6.07) is 10.7. The largest absolute Gasteiger partial charge is 0.497 e. The van der Waals surface area contributed by atoms with Gasteiger partial charge in [-0.05, 0) is 49.2 Å². The SMILES string of the molecule is CCCCn1c(O)c(N=NC(=O)CCC(=O)N=Nc2c(O)n(CCCC)c3ccc(OC)cc23)c2cc(OC)ccc21. The van der Waals surface area contributed by atoms with Crippen LogP contribution in [0.4, 0.5) is 11.4 Å². The molecule has 42 heavy (non-hydrogen) atoms. The van der Waals surface area contributed by atoms with Gasteiger partial charge in [0.15, 0.2) is 11.4 Å². The van der Waals surface area contributed by atoms with Crippen molar-refractivity contribution in [1.29, 1.82) is 0 Å². The van der Waals surface area contributed by atoms with Crippen molar-refractivity contribution < 1.29 is 29.3 Å². The minimum atomic E-state index is -0.654. The van der Waals surface area contributed by atoms with Gasteiger partial charge in [0.1, 0.15) is 11.5 Å². The number of methoxy groups -OCH3 is 2. The lowest BCUT2D eigenvalue weighted by Crippen LogP contribution is -1.98. The second-order valence-electron chi connectivity index (χ2n) is 9.81. The standard InChI is InChI=1S/C30H36N6O6/c1-5-7-15-35-23-11-9-19(41-3)17-21(23)27(29(35)39)33-31-25(37)13-14-26(38)32-34-28-22-18-20(42-4)10-12-24(22)36(30(28)40)16-8-6-2/h9-12,17-18,39-40H,5-8,13-16H2,1-4H3. The molecule has 2 amide bonds. The van der Waals surface area contributed by atoms with Crippen LogP contribution in [0.3, 0.4) is 0 Å². The third kappa shape index (κ3) is 6.42. The fraction of sp³-hybridized carbons (Fsp3) is 0.400. The van der Waals surface area contributed by atoms with Gasteiger partial charge in [0, 0.05) is 36.7 Å². The smallest absolute Gasteiger partial charge is 0.265 e. The number of carbonyl (C=O) groups excluding carboxylic acids is 2. The molecule has 2 aromatic heterocycles. The maximum Gasteiger partial charge on any atom is 0.265 e. The quantitative estimate of drug-likeness (QED) is 0.159. The van der Waals surface area contributed by atoms with Crippen molar-refractivity contribution in [2.75, 3.05) is 14.2 Å². The normalized spacial score (nSPS) is 11.8. The van der Waals surface area contributed by atoms with Crippen LogP contribution in [0.1, 0.15) is 52.4 Å². The zero-order valence-corrected chi connectivity index (χ0v) is 24.3. The Balaban J connectivity index is 1.48. The van der Waals surface area contributed by atoms with E-state index < -0.39 is 11.8 Å². The molecule has 0 saturated carbocycles. The number of fused-ring (bicyclic) bond motifs is 2.